The van der Waals surface area contributed by atoms with Crippen molar-refractivity contribution in [1.82, 2.24) is 15.1 Å². The molecule has 0 bridgehead atoms. The molecule has 3 aromatic rings. The number of aliphatic hydroxyl groups excluding tert-OH is 1. The number of amides is 3. The van der Waals surface area contributed by atoms with Crippen LogP contribution in [-0.2, 0) is 22.7 Å². The number of nitrogens with one attached hydrogen (secondary N) is 1. The second-order valence-corrected chi connectivity index (χ2v) is 11.1. The molecule has 8 nitrogen and oxygen atoms in total. The third-order valence-corrected chi connectivity index (χ3v) is 8.19. The van der Waals surface area contributed by atoms with Crippen molar-refractivity contribution in [3.63, 3.8) is 0 Å². The molecule has 3 N–H and O–H groups in total. The van der Waals surface area contributed by atoms with E-state index in [9.17, 15) is 24.6 Å². The lowest BCUT2D eigenvalue weighted by atomic mass is 9.83. The van der Waals surface area contributed by atoms with E-state index < -0.39 is 23.7 Å². The molecule has 3 aromatic carbocycles. The molecule has 9 heteroatoms. The Hall–Kier alpha value is -3.56. The van der Waals surface area contributed by atoms with Crippen molar-refractivity contribution in [3.8, 4) is 11.1 Å². The van der Waals surface area contributed by atoms with Crippen molar-refractivity contribution >= 4 is 29.3 Å². The highest BCUT2D eigenvalue weighted by Crippen LogP contribution is 2.38. The summed E-state index contributed by atoms with van der Waals surface area (Å²) >= 11 is 6.05. The summed E-state index contributed by atoms with van der Waals surface area (Å²) in [4.78, 5) is 40.3. The highest BCUT2D eigenvalue weighted by molar-refractivity contribution is 6.30. The topological polar surface area (TPSA) is 110 Å². The van der Waals surface area contributed by atoms with Crippen molar-refractivity contribution < 1.29 is 24.6 Å². The van der Waals surface area contributed by atoms with Gasteiger partial charge in [0, 0.05) is 43.2 Å². The smallest absolute Gasteiger partial charge is 0.255 e. The molecule has 2 unspecified atom stereocenters. The number of β-amino-alcohol motifs (C(OH)–C–C–N with tert-alkyl or cyclic N) is 1. The lowest BCUT2D eigenvalue weighted by molar-refractivity contribution is -0.170. The van der Waals surface area contributed by atoms with E-state index in [1.54, 1.807) is 18.2 Å². The first-order valence-electron chi connectivity index (χ1n) is 13.0. The number of aliphatic hydroxyl groups is 2. The third-order valence-electron chi connectivity index (χ3n) is 7.93. The Bertz CT molecular complexity index is 1470. The monoisotopic (exact) mass is 545 g/mol. The second-order valence-electron chi connectivity index (χ2n) is 10.6. The lowest BCUT2D eigenvalue weighted by Crippen LogP contribution is -2.64. The number of likely N-dealkylation sites (tertiary alicyclic amines) is 1. The Balaban J connectivity index is 1.13. The van der Waals surface area contributed by atoms with E-state index >= 15 is 0 Å². The first kappa shape index (κ1) is 25.7. The second kappa shape index (κ2) is 9.88. The predicted molar refractivity (Wildman–Crippen MR) is 145 cm³/mol. The van der Waals surface area contributed by atoms with Crippen molar-refractivity contribution in [2.24, 2.45) is 0 Å². The van der Waals surface area contributed by atoms with Crippen LogP contribution in [0.4, 0.5) is 0 Å². The van der Waals surface area contributed by atoms with Crippen LogP contribution >= 0.6 is 11.6 Å². The molecule has 3 amide bonds. The number of nitrogens with zero attached hydrogens (tertiary/aromatic N) is 2. The Kier molecular flexibility index (Phi) is 6.51. The van der Waals surface area contributed by atoms with Gasteiger partial charge in [-0.3, -0.25) is 24.6 Å². The van der Waals surface area contributed by atoms with Crippen LogP contribution in [-0.4, -0.2) is 62.5 Å². The fourth-order valence-electron chi connectivity index (χ4n) is 5.90. The molecule has 0 saturated carbocycles. The zero-order valence-corrected chi connectivity index (χ0v) is 21.9. The molecule has 3 aliphatic heterocycles. The maximum Gasteiger partial charge on any atom is 0.255 e. The molecule has 3 heterocycles. The van der Waals surface area contributed by atoms with E-state index in [4.69, 9.17) is 11.6 Å². The summed E-state index contributed by atoms with van der Waals surface area (Å²) in [5.41, 5.74) is 3.62. The van der Waals surface area contributed by atoms with Gasteiger partial charge in [0.25, 0.3) is 5.91 Å². The standard InChI is InChI=1S/C30H28ClN3O5/c31-22-8-5-18(6-9-22)23-4-2-1-3-20(23)14-33-16-30(39,17-33)27(36)19-7-10-24-21(13-19)15-34(29(24)38)25-11-12-26(35)32-28(25)37/h1-10,13,25,27,36,39H,11-12,14-17H2,(H,32,35,37). The minimum atomic E-state index is -1.32. The van der Waals surface area contributed by atoms with Crippen LogP contribution < -0.4 is 5.32 Å². The fraction of sp³-hybridized carbons (Fsp3) is 0.300. The van der Waals surface area contributed by atoms with Gasteiger partial charge in [-0.05, 0) is 52.4 Å². The zero-order valence-electron chi connectivity index (χ0n) is 21.1. The Labute approximate surface area is 230 Å². The quantitative estimate of drug-likeness (QED) is 0.411. The highest BCUT2D eigenvalue weighted by Gasteiger charge is 2.48. The molecular weight excluding hydrogens is 518 g/mol. The molecule has 3 aliphatic rings. The van der Waals surface area contributed by atoms with Crippen LogP contribution in [0.25, 0.3) is 11.1 Å². The average Bonchev–Trinajstić information content (AvgIpc) is 3.23. The van der Waals surface area contributed by atoms with E-state index in [-0.39, 0.29) is 31.2 Å². The van der Waals surface area contributed by atoms with Gasteiger partial charge in [0.05, 0.1) is 0 Å². The Morgan fingerprint density at radius 1 is 1.00 bits per heavy atom. The van der Waals surface area contributed by atoms with Gasteiger partial charge >= 0.3 is 0 Å². The minimum absolute atomic E-state index is 0.189. The minimum Gasteiger partial charge on any atom is -0.385 e. The van der Waals surface area contributed by atoms with Gasteiger partial charge in [-0.2, -0.15) is 0 Å². The summed E-state index contributed by atoms with van der Waals surface area (Å²) < 4.78 is 0. The maximum atomic E-state index is 13.0. The number of piperidine rings is 1. The van der Waals surface area contributed by atoms with Crippen molar-refractivity contribution in [2.45, 2.75) is 43.7 Å². The van der Waals surface area contributed by atoms with Crippen molar-refractivity contribution in [3.05, 3.63) is 94.0 Å². The average molecular weight is 546 g/mol. The van der Waals surface area contributed by atoms with E-state index in [0.29, 0.717) is 41.3 Å². The molecule has 2 atom stereocenters. The first-order chi connectivity index (χ1) is 18.7. The summed E-state index contributed by atoms with van der Waals surface area (Å²) in [6.07, 6.45) is -0.657. The number of carbonyl (C=O) groups is 3. The molecule has 0 radical (unpaired) electrons. The van der Waals surface area contributed by atoms with E-state index in [1.807, 2.05) is 36.4 Å². The van der Waals surface area contributed by atoms with Gasteiger partial charge in [0.15, 0.2) is 0 Å². The lowest BCUT2D eigenvalue weighted by Gasteiger charge is -2.49. The first-order valence-corrected chi connectivity index (χ1v) is 13.3. The summed E-state index contributed by atoms with van der Waals surface area (Å²) in [6.45, 7) is 1.42. The van der Waals surface area contributed by atoms with Crippen LogP contribution in [0.3, 0.4) is 0 Å². The Morgan fingerprint density at radius 2 is 1.74 bits per heavy atom. The normalized spacial score (nSPS) is 21.4. The largest absolute Gasteiger partial charge is 0.385 e. The molecule has 2 fully saturated rings. The van der Waals surface area contributed by atoms with E-state index in [0.717, 1.165) is 16.7 Å². The molecule has 39 heavy (non-hydrogen) atoms. The summed E-state index contributed by atoms with van der Waals surface area (Å²) in [5.74, 6) is -1.07. The SMILES string of the molecule is O=C1CCC(N2Cc3cc(C(O)C4(O)CN(Cc5ccccc5-c5ccc(Cl)cc5)C4)ccc3C2=O)C(=O)N1. The zero-order chi connectivity index (χ0) is 27.3. The number of hydrogen-bond donors (Lipinski definition) is 3. The van der Waals surface area contributed by atoms with Gasteiger partial charge in [-0.1, -0.05) is 60.1 Å². The van der Waals surface area contributed by atoms with Crippen LogP contribution in [0, 0.1) is 0 Å². The molecular formula is C30H28ClN3O5. The molecule has 6 rings (SSSR count). The van der Waals surface area contributed by atoms with E-state index in [2.05, 4.69) is 22.3 Å². The van der Waals surface area contributed by atoms with Gasteiger partial charge in [-0.25, -0.2) is 0 Å². The maximum absolute atomic E-state index is 13.0. The molecule has 0 aliphatic carbocycles. The number of halogens is 1. The summed E-state index contributed by atoms with van der Waals surface area (Å²) in [7, 11) is 0. The molecule has 0 aromatic heterocycles. The molecule has 2 saturated heterocycles. The van der Waals surface area contributed by atoms with Crippen molar-refractivity contribution in [1.29, 1.82) is 0 Å². The van der Waals surface area contributed by atoms with Crippen LogP contribution in [0.15, 0.2) is 66.7 Å². The number of rotatable bonds is 6. The van der Waals surface area contributed by atoms with Gasteiger partial charge in [0.1, 0.15) is 17.7 Å². The van der Waals surface area contributed by atoms with Crippen molar-refractivity contribution in [2.75, 3.05) is 13.1 Å². The fourth-order valence-corrected chi connectivity index (χ4v) is 6.02. The van der Waals surface area contributed by atoms with E-state index in [1.165, 1.54) is 4.90 Å². The number of carbonyl (C=O) groups excluding carboxylic acids is 3. The highest BCUT2D eigenvalue weighted by atomic mass is 35.5. The van der Waals surface area contributed by atoms with Crippen LogP contribution in [0.1, 0.15) is 46.0 Å². The Morgan fingerprint density at radius 3 is 2.49 bits per heavy atom. The summed E-state index contributed by atoms with van der Waals surface area (Å²) in [5, 5.41) is 25.4. The third kappa shape index (κ3) is 4.74. The van der Waals surface area contributed by atoms with Crippen LogP contribution in [0.2, 0.25) is 5.02 Å². The number of imide groups is 1. The van der Waals surface area contributed by atoms with Gasteiger partial charge in [-0.15, -0.1) is 0 Å². The summed E-state index contributed by atoms with van der Waals surface area (Å²) in [6, 6.07) is 20.1. The van der Waals surface area contributed by atoms with Crippen LogP contribution in [0.5, 0.6) is 0 Å². The predicted octanol–water partition coefficient (Wildman–Crippen LogP) is 3.05. The number of fused-ring (bicyclic) bond motifs is 1. The number of benzene rings is 3. The van der Waals surface area contributed by atoms with Gasteiger partial charge < -0.3 is 15.1 Å². The van der Waals surface area contributed by atoms with Gasteiger partial charge in [0.2, 0.25) is 11.8 Å². The number of hydrogen-bond acceptors (Lipinski definition) is 6. The molecule has 0 spiro atoms. The molecule has 200 valence electrons.